The van der Waals surface area contributed by atoms with E-state index in [1.165, 1.54) is 24.3 Å². The standard InChI is InChI=1S/C18H18F2N2O5S/c1-3-27-18(24)12-4-6-13(7-5-12)21-17(23)11-22(28(2,25)26)14-8-9-15(19)16(20)10-14/h4-10H,3,11H2,1-2H3,(H,21,23). The number of hydrogen-bond donors (Lipinski definition) is 1. The third-order valence-corrected chi connectivity index (χ3v) is 4.70. The molecule has 0 aliphatic carbocycles. The van der Waals surface area contributed by atoms with Gasteiger partial charge in [0.2, 0.25) is 15.9 Å². The van der Waals surface area contributed by atoms with Crippen molar-refractivity contribution in [2.75, 3.05) is 29.0 Å². The summed E-state index contributed by atoms with van der Waals surface area (Å²) >= 11 is 0. The number of nitrogens with one attached hydrogen (secondary N) is 1. The molecule has 0 aliphatic rings. The number of halogens is 2. The average Bonchev–Trinajstić information content (AvgIpc) is 2.62. The van der Waals surface area contributed by atoms with Crippen molar-refractivity contribution in [3.8, 4) is 0 Å². The Hall–Kier alpha value is -3.01. The third kappa shape index (κ3) is 5.49. The van der Waals surface area contributed by atoms with Crippen LogP contribution in [0.15, 0.2) is 42.5 Å². The summed E-state index contributed by atoms with van der Waals surface area (Å²) in [6.45, 7) is 1.25. The number of carbonyl (C=O) groups excluding carboxylic acids is 2. The highest BCUT2D eigenvalue weighted by Gasteiger charge is 2.22. The fourth-order valence-corrected chi connectivity index (χ4v) is 3.12. The smallest absolute Gasteiger partial charge is 0.338 e. The Kier molecular flexibility index (Phi) is 6.68. The second-order valence-electron chi connectivity index (χ2n) is 5.71. The van der Waals surface area contributed by atoms with Crippen LogP contribution in [0.25, 0.3) is 0 Å². The average molecular weight is 412 g/mol. The first-order valence-electron chi connectivity index (χ1n) is 8.11. The summed E-state index contributed by atoms with van der Waals surface area (Å²) in [5.74, 6) is -3.59. The maximum absolute atomic E-state index is 13.4. The zero-order valence-corrected chi connectivity index (χ0v) is 15.9. The van der Waals surface area contributed by atoms with Gasteiger partial charge in [-0.1, -0.05) is 0 Å². The normalized spacial score (nSPS) is 11.0. The van der Waals surface area contributed by atoms with Crippen molar-refractivity contribution < 1.29 is 31.5 Å². The van der Waals surface area contributed by atoms with Crippen LogP contribution in [0.1, 0.15) is 17.3 Å². The summed E-state index contributed by atoms with van der Waals surface area (Å²) in [4.78, 5) is 23.8. The van der Waals surface area contributed by atoms with Crippen molar-refractivity contribution in [3.63, 3.8) is 0 Å². The molecule has 0 aliphatic heterocycles. The number of carbonyl (C=O) groups is 2. The molecule has 0 saturated heterocycles. The predicted octanol–water partition coefficient (Wildman–Crippen LogP) is 2.55. The lowest BCUT2D eigenvalue weighted by Gasteiger charge is -2.22. The second kappa shape index (κ2) is 8.79. The van der Waals surface area contributed by atoms with Crippen molar-refractivity contribution in [3.05, 3.63) is 59.7 Å². The van der Waals surface area contributed by atoms with Gasteiger partial charge in [0.15, 0.2) is 11.6 Å². The van der Waals surface area contributed by atoms with Gasteiger partial charge in [0.05, 0.1) is 24.1 Å². The van der Waals surface area contributed by atoms with E-state index in [0.29, 0.717) is 21.6 Å². The Morgan fingerprint density at radius 1 is 1.07 bits per heavy atom. The minimum atomic E-state index is -3.94. The topological polar surface area (TPSA) is 92.8 Å². The highest BCUT2D eigenvalue weighted by molar-refractivity contribution is 7.92. The molecule has 0 unspecified atom stereocenters. The van der Waals surface area contributed by atoms with Crippen LogP contribution in [0.4, 0.5) is 20.2 Å². The number of sulfonamides is 1. The summed E-state index contributed by atoms with van der Waals surface area (Å²) in [6.07, 6.45) is 0.843. The molecule has 0 fully saturated rings. The van der Waals surface area contributed by atoms with E-state index in [4.69, 9.17) is 4.74 Å². The van der Waals surface area contributed by atoms with Crippen molar-refractivity contribution in [1.82, 2.24) is 0 Å². The van der Waals surface area contributed by atoms with Crippen molar-refractivity contribution in [2.24, 2.45) is 0 Å². The van der Waals surface area contributed by atoms with E-state index in [2.05, 4.69) is 5.32 Å². The molecular weight excluding hydrogens is 394 g/mol. The molecule has 0 saturated carbocycles. The van der Waals surface area contributed by atoms with Gasteiger partial charge in [-0.25, -0.2) is 22.0 Å². The Labute approximate surface area is 161 Å². The van der Waals surface area contributed by atoms with Crippen LogP contribution in [-0.4, -0.2) is 39.7 Å². The van der Waals surface area contributed by atoms with Crippen LogP contribution in [0, 0.1) is 11.6 Å². The van der Waals surface area contributed by atoms with Crippen molar-refractivity contribution in [2.45, 2.75) is 6.92 Å². The molecular formula is C18H18F2N2O5S. The summed E-state index contributed by atoms with van der Waals surface area (Å²) in [7, 11) is -3.94. The number of benzene rings is 2. The minimum Gasteiger partial charge on any atom is -0.462 e. The third-order valence-electron chi connectivity index (χ3n) is 3.56. The molecule has 150 valence electrons. The van der Waals surface area contributed by atoms with Gasteiger partial charge < -0.3 is 10.1 Å². The van der Waals surface area contributed by atoms with E-state index < -0.39 is 40.1 Å². The quantitative estimate of drug-likeness (QED) is 0.706. The van der Waals surface area contributed by atoms with Crippen molar-refractivity contribution in [1.29, 1.82) is 0 Å². The van der Waals surface area contributed by atoms with Gasteiger partial charge in [0.25, 0.3) is 0 Å². The van der Waals surface area contributed by atoms with Gasteiger partial charge in [0.1, 0.15) is 6.54 Å². The van der Waals surface area contributed by atoms with Crippen LogP contribution in [0.5, 0.6) is 0 Å². The summed E-state index contributed by atoms with van der Waals surface area (Å²) in [5.41, 5.74) is 0.422. The molecule has 0 heterocycles. The van der Waals surface area contributed by atoms with E-state index in [1.807, 2.05) is 0 Å². The lowest BCUT2D eigenvalue weighted by Crippen LogP contribution is -2.37. The van der Waals surface area contributed by atoms with Crippen LogP contribution in [0.3, 0.4) is 0 Å². The van der Waals surface area contributed by atoms with Crippen LogP contribution < -0.4 is 9.62 Å². The Bertz CT molecular complexity index is 978. The van der Waals surface area contributed by atoms with Crippen molar-refractivity contribution >= 4 is 33.3 Å². The zero-order chi connectivity index (χ0) is 20.9. The number of nitrogens with zero attached hydrogens (tertiary/aromatic N) is 1. The first-order chi connectivity index (χ1) is 13.1. The minimum absolute atomic E-state index is 0.186. The van der Waals surface area contributed by atoms with E-state index in [-0.39, 0.29) is 12.3 Å². The lowest BCUT2D eigenvalue weighted by molar-refractivity contribution is -0.114. The molecule has 1 amide bonds. The molecule has 0 radical (unpaired) electrons. The Morgan fingerprint density at radius 3 is 2.25 bits per heavy atom. The fraction of sp³-hybridized carbons (Fsp3) is 0.222. The van der Waals surface area contributed by atoms with Gasteiger partial charge in [-0.05, 0) is 43.3 Å². The first kappa shape index (κ1) is 21.3. The van der Waals surface area contributed by atoms with Gasteiger partial charge in [-0.3, -0.25) is 9.10 Å². The number of rotatable bonds is 7. The number of amides is 1. The highest BCUT2D eigenvalue weighted by Crippen LogP contribution is 2.20. The highest BCUT2D eigenvalue weighted by atomic mass is 32.2. The largest absolute Gasteiger partial charge is 0.462 e. The second-order valence-corrected chi connectivity index (χ2v) is 7.62. The van der Waals surface area contributed by atoms with E-state index >= 15 is 0 Å². The van der Waals surface area contributed by atoms with Gasteiger partial charge in [-0.2, -0.15) is 0 Å². The molecule has 2 aromatic rings. The molecule has 7 nitrogen and oxygen atoms in total. The maximum Gasteiger partial charge on any atom is 0.338 e. The molecule has 0 atom stereocenters. The number of hydrogen-bond acceptors (Lipinski definition) is 5. The molecule has 2 rings (SSSR count). The zero-order valence-electron chi connectivity index (χ0n) is 15.1. The monoisotopic (exact) mass is 412 g/mol. The molecule has 10 heteroatoms. The first-order valence-corrected chi connectivity index (χ1v) is 9.96. The SMILES string of the molecule is CCOC(=O)c1ccc(NC(=O)CN(c2ccc(F)c(F)c2)S(C)(=O)=O)cc1. The number of esters is 1. The van der Waals surface area contributed by atoms with Gasteiger partial charge >= 0.3 is 5.97 Å². The Morgan fingerprint density at radius 2 is 1.71 bits per heavy atom. The van der Waals surface area contributed by atoms with Crippen LogP contribution in [0.2, 0.25) is 0 Å². The molecule has 1 N–H and O–H groups in total. The molecule has 0 aromatic heterocycles. The molecule has 28 heavy (non-hydrogen) atoms. The van der Waals surface area contributed by atoms with E-state index in [1.54, 1.807) is 6.92 Å². The fourth-order valence-electron chi connectivity index (χ4n) is 2.28. The maximum atomic E-state index is 13.4. The summed E-state index contributed by atoms with van der Waals surface area (Å²) in [6, 6.07) is 8.31. The lowest BCUT2D eigenvalue weighted by atomic mass is 10.2. The predicted molar refractivity (Wildman–Crippen MR) is 99.6 cm³/mol. The molecule has 0 bridgehead atoms. The molecule has 0 spiro atoms. The van der Waals surface area contributed by atoms with E-state index in [0.717, 1.165) is 18.4 Å². The summed E-state index contributed by atoms with van der Waals surface area (Å²) in [5, 5.41) is 2.47. The van der Waals surface area contributed by atoms with Gasteiger partial charge in [-0.15, -0.1) is 0 Å². The van der Waals surface area contributed by atoms with Gasteiger partial charge in [0, 0.05) is 11.8 Å². The number of anilines is 2. The van der Waals surface area contributed by atoms with Crippen LogP contribution >= 0.6 is 0 Å². The van der Waals surface area contributed by atoms with Crippen LogP contribution in [-0.2, 0) is 19.6 Å². The van der Waals surface area contributed by atoms with E-state index in [9.17, 15) is 26.8 Å². The Balaban J connectivity index is 2.14. The molecule has 2 aromatic carbocycles. The number of ether oxygens (including phenoxy) is 1. The summed E-state index contributed by atoms with van der Waals surface area (Å²) < 4.78 is 56.0.